The van der Waals surface area contributed by atoms with E-state index in [2.05, 4.69) is 23.3 Å². The van der Waals surface area contributed by atoms with Crippen molar-refractivity contribution in [3.8, 4) is 11.3 Å². The number of hydrogen-bond donors (Lipinski definition) is 2. The minimum atomic E-state index is -0.414. The highest BCUT2D eigenvalue weighted by Crippen LogP contribution is 2.26. The predicted molar refractivity (Wildman–Crippen MR) is 106 cm³/mol. The number of aryl methyl sites for hydroxylation is 1. The average Bonchev–Trinajstić information content (AvgIpc) is 2.66. The van der Waals surface area contributed by atoms with Crippen molar-refractivity contribution < 1.29 is 4.79 Å². The molecule has 4 nitrogen and oxygen atoms in total. The van der Waals surface area contributed by atoms with Crippen molar-refractivity contribution in [1.29, 1.82) is 0 Å². The first-order valence-corrected chi connectivity index (χ1v) is 9.70. The van der Waals surface area contributed by atoms with Crippen molar-refractivity contribution in [3.05, 3.63) is 53.2 Å². The van der Waals surface area contributed by atoms with Crippen LogP contribution in [0.1, 0.15) is 60.0 Å². The Hall–Kier alpha value is -2.20. The summed E-state index contributed by atoms with van der Waals surface area (Å²) in [6.45, 7) is 3.99. The van der Waals surface area contributed by atoms with E-state index in [-0.39, 0.29) is 0 Å². The fraction of sp³-hybridized carbons (Fsp3) is 0.455. The minimum Gasteiger partial charge on any atom is -0.366 e. The van der Waals surface area contributed by atoms with E-state index >= 15 is 0 Å². The van der Waals surface area contributed by atoms with Crippen LogP contribution in [0.25, 0.3) is 11.3 Å². The molecule has 1 saturated carbocycles. The second-order valence-corrected chi connectivity index (χ2v) is 7.42. The zero-order valence-corrected chi connectivity index (χ0v) is 15.6. The molecule has 1 aromatic heterocycles. The first-order valence-electron chi connectivity index (χ1n) is 9.70. The Bertz CT molecular complexity index is 751. The van der Waals surface area contributed by atoms with E-state index in [0.29, 0.717) is 5.56 Å². The van der Waals surface area contributed by atoms with Crippen molar-refractivity contribution >= 4 is 5.91 Å². The molecular formula is C22H29N3O. The first-order chi connectivity index (χ1) is 12.6. The fourth-order valence-electron chi connectivity index (χ4n) is 3.87. The van der Waals surface area contributed by atoms with E-state index in [4.69, 9.17) is 5.73 Å². The largest absolute Gasteiger partial charge is 0.366 e. The van der Waals surface area contributed by atoms with Crippen LogP contribution in [0.15, 0.2) is 36.5 Å². The van der Waals surface area contributed by atoms with Crippen molar-refractivity contribution in [1.82, 2.24) is 10.3 Å². The Morgan fingerprint density at radius 1 is 1.23 bits per heavy atom. The lowest BCUT2D eigenvalue weighted by Gasteiger charge is -2.21. The quantitative estimate of drug-likeness (QED) is 0.734. The topological polar surface area (TPSA) is 68.0 Å². The molecule has 0 unspecified atom stereocenters. The molecule has 1 amide bonds. The second-order valence-electron chi connectivity index (χ2n) is 7.42. The van der Waals surface area contributed by atoms with Crippen LogP contribution >= 0.6 is 0 Å². The number of primary amides is 1. The molecular weight excluding hydrogens is 322 g/mol. The van der Waals surface area contributed by atoms with Crippen molar-refractivity contribution in [2.24, 2.45) is 11.7 Å². The normalized spacial score (nSPS) is 15.1. The Morgan fingerprint density at radius 2 is 2.04 bits per heavy atom. The lowest BCUT2D eigenvalue weighted by Crippen LogP contribution is -2.19. The average molecular weight is 351 g/mol. The molecule has 0 atom stereocenters. The number of aromatic nitrogens is 1. The Kier molecular flexibility index (Phi) is 6.40. The molecule has 1 aromatic carbocycles. The third-order valence-electron chi connectivity index (χ3n) is 5.34. The van der Waals surface area contributed by atoms with E-state index in [0.717, 1.165) is 35.8 Å². The van der Waals surface area contributed by atoms with Crippen LogP contribution in [0, 0.1) is 12.8 Å². The number of nitrogens with zero attached hydrogens (tertiary/aromatic N) is 1. The lowest BCUT2D eigenvalue weighted by atomic mass is 9.87. The van der Waals surface area contributed by atoms with Gasteiger partial charge in [-0.2, -0.15) is 0 Å². The van der Waals surface area contributed by atoms with Gasteiger partial charge < -0.3 is 11.1 Å². The van der Waals surface area contributed by atoms with Crippen LogP contribution in [-0.4, -0.2) is 17.4 Å². The molecule has 1 aliphatic carbocycles. The van der Waals surface area contributed by atoms with Crippen LogP contribution in [0.3, 0.4) is 0 Å². The van der Waals surface area contributed by atoms with Gasteiger partial charge in [-0.25, -0.2) is 0 Å². The number of carbonyl (C=O) groups excluding carboxylic acids is 1. The lowest BCUT2D eigenvalue weighted by molar-refractivity contribution is 0.100. The van der Waals surface area contributed by atoms with Crippen LogP contribution in [0.4, 0.5) is 0 Å². The van der Waals surface area contributed by atoms with Crippen LogP contribution < -0.4 is 11.1 Å². The van der Waals surface area contributed by atoms with Gasteiger partial charge in [-0.15, -0.1) is 0 Å². The molecule has 3 rings (SSSR count). The van der Waals surface area contributed by atoms with Crippen molar-refractivity contribution in [3.63, 3.8) is 0 Å². The first kappa shape index (κ1) is 18.6. The van der Waals surface area contributed by atoms with Crippen molar-refractivity contribution in [2.45, 2.75) is 52.0 Å². The van der Waals surface area contributed by atoms with E-state index in [1.54, 1.807) is 12.1 Å². The minimum absolute atomic E-state index is 0.414. The Labute approximate surface area is 156 Å². The molecule has 4 heteroatoms. The van der Waals surface area contributed by atoms with Crippen LogP contribution in [-0.2, 0) is 6.54 Å². The summed E-state index contributed by atoms with van der Waals surface area (Å²) in [4.78, 5) is 16.0. The van der Waals surface area contributed by atoms with Gasteiger partial charge in [0.15, 0.2) is 0 Å². The summed E-state index contributed by atoms with van der Waals surface area (Å²) in [5.41, 5.74) is 10.0. The zero-order chi connectivity index (χ0) is 18.4. The summed E-state index contributed by atoms with van der Waals surface area (Å²) in [6, 6.07) is 9.51. The summed E-state index contributed by atoms with van der Waals surface area (Å²) < 4.78 is 0. The number of benzene rings is 1. The molecule has 2 aromatic rings. The van der Waals surface area contributed by atoms with Gasteiger partial charge in [0.05, 0.1) is 5.69 Å². The highest BCUT2D eigenvalue weighted by Gasteiger charge is 2.12. The summed E-state index contributed by atoms with van der Waals surface area (Å²) >= 11 is 0. The molecule has 3 N–H and O–H groups in total. The predicted octanol–water partition coefficient (Wildman–Crippen LogP) is 4.22. The summed E-state index contributed by atoms with van der Waals surface area (Å²) in [6.07, 6.45) is 10.3. The zero-order valence-electron chi connectivity index (χ0n) is 15.6. The Balaban J connectivity index is 1.57. The smallest absolute Gasteiger partial charge is 0.248 e. The van der Waals surface area contributed by atoms with Gasteiger partial charge in [-0.05, 0) is 49.1 Å². The number of pyridine rings is 1. The van der Waals surface area contributed by atoms with Crippen molar-refractivity contribution in [2.75, 3.05) is 6.54 Å². The van der Waals surface area contributed by atoms with Gasteiger partial charge >= 0.3 is 0 Å². The third-order valence-corrected chi connectivity index (χ3v) is 5.34. The molecule has 0 radical (unpaired) electrons. The number of nitrogens with two attached hydrogens (primary N) is 1. The summed E-state index contributed by atoms with van der Waals surface area (Å²) in [5.74, 6) is 0.499. The number of carbonyl (C=O) groups is 1. The van der Waals surface area contributed by atoms with Gasteiger partial charge in [0.25, 0.3) is 0 Å². The van der Waals surface area contributed by atoms with Gasteiger partial charge in [0.1, 0.15) is 0 Å². The van der Waals surface area contributed by atoms with Gasteiger partial charge in [-0.3, -0.25) is 9.78 Å². The number of amides is 1. The standard InChI is InChI=1S/C22H29N3O/c1-16-12-18(14-24-11-10-17-6-3-2-4-7-17)15-25-21(16)19-8-5-9-20(13-19)22(23)26/h5,8-9,12-13,15,17,24H,2-4,6-7,10-11,14H2,1H3,(H2,23,26). The van der Waals surface area contributed by atoms with Gasteiger partial charge in [-0.1, -0.05) is 50.3 Å². The molecule has 0 aliphatic heterocycles. The maximum Gasteiger partial charge on any atom is 0.248 e. The fourth-order valence-corrected chi connectivity index (χ4v) is 3.87. The number of rotatable bonds is 7. The number of hydrogen-bond acceptors (Lipinski definition) is 3. The molecule has 0 bridgehead atoms. The highest BCUT2D eigenvalue weighted by molar-refractivity contribution is 5.94. The van der Waals surface area contributed by atoms with E-state index in [9.17, 15) is 4.79 Å². The van der Waals surface area contributed by atoms with E-state index in [1.165, 1.54) is 44.1 Å². The summed E-state index contributed by atoms with van der Waals surface area (Å²) in [5, 5.41) is 3.56. The maximum atomic E-state index is 11.4. The van der Waals surface area contributed by atoms with Gasteiger partial charge in [0.2, 0.25) is 5.91 Å². The van der Waals surface area contributed by atoms with Crippen LogP contribution in [0.2, 0.25) is 0 Å². The third kappa shape index (κ3) is 4.92. The highest BCUT2D eigenvalue weighted by atomic mass is 16.1. The van der Waals surface area contributed by atoms with Gasteiger partial charge in [0, 0.05) is 23.9 Å². The van der Waals surface area contributed by atoms with E-state index < -0.39 is 5.91 Å². The SMILES string of the molecule is Cc1cc(CNCCC2CCCCC2)cnc1-c1cccc(C(N)=O)c1. The molecule has 1 heterocycles. The van der Waals surface area contributed by atoms with Crippen LogP contribution in [0.5, 0.6) is 0 Å². The molecule has 26 heavy (non-hydrogen) atoms. The summed E-state index contributed by atoms with van der Waals surface area (Å²) in [7, 11) is 0. The molecule has 138 valence electrons. The molecule has 0 saturated heterocycles. The molecule has 0 spiro atoms. The Morgan fingerprint density at radius 3 is 2.77 bits per heavy atom. The number of nitrogens with one attached hydrogen (secondary N) is 1. The molecule has 1 aliphatic rings. The monoisotopic (exact) mass is 351 g/mol. The second kappa shape index (κ2) is 8.95. The maximum absolute atomic E-state index is 11.4. The molecule has 1 fully saturated rings. The van der Waals surface area contributed by atoms with E-state index in [1.807, 2.05) is 18.3 Å².